The molecule has 0 radical (unpaired) electrons. The third kappa shape index (κ3) is 3.44. The number of para-hydroxylation sites is 2. The Kier molecular flexibility index (Phi) is 5.01. The molecule has 136 valence electrons. The van der Waals surface area contributed by atoms with Crippen molar-refractivity contribution in [1.82, 2.24) is 4.98 Å². The van der Waals surface area contributed by atoms with E-state index in [-0.39, 0.29) is 16.7 Å². The van der Waals surface area contributed by atoms with Gasteiger partial charge in [-0.3, -0.25) is 9.71 Å². The molecule has 0 aliphatic rings. The van der Waals surface area contributed by atoms with Crippen LogP contribution in [-0.4, -0.2) is 13.4 Å². The van der Waals surface area contributed by atoms with Crippen LogP contribution in [0.25, 0.3) is 10.9 Å². The first-order valence-electron chi connectivity index (χ1n) is 8.80. The van der Waals surface area contributed by atoms with Crippen LogP contribution in [0, 0.1) is 0 Å². The minimum absolute atomic E-state index is 0.198. The second-order valence-corrected chi connectivity index (χ2v) is 8.71. The zero-order chi connectivity index (χ0) is 18.9. The summed E-state index contributed by atoms with van der Waals surface area (Å²) in [5.41, 5.74) is 3.15. The number of hydrogen-bond acceptors (Lipinski definition) is 3. The Bertz CT molecular complexity index is 1010. The summed E-state index contributed by atoms with van der Waals surface area (Å²) in [6.45, 7) is 8.26. The molecule has 0 spiro atoms. The van der Waals surface area contributed by atoms with Gasteiger partial charge in [0.2, 0.25) is 0 Å². The van der Waals surface area contributed by atoms with Crippen molar-refractivity contribution in [2.45, 2.75) is 44.4 Å². The van der Waals surface area contributed by atoms with E-state index in [2.05, 4.69) is 37.4 Å². The van der Waals surface area contributed by atoms with Crippen LogP contribution in [0.4, 0.5) is 5.69 Å². The number of aromatic nitrogens is 1. The number of sulfonamides is 1. The Labute approximate surface area is 155 Å². The number of hydrogen-bond donors (Lipinski definition) is 1. The fraction of sp³-hybridized carbons (Fsp3) is 0.286. The van der Waals surface area contributed by atoms with Gasteiger partial charge in [-0.25, -0.2) is 8.42 Å². The Morgan fingerprint density at radius 2 is 1.42 bits per heavy atom. The van der Waals surface area contributed by atoms with E-state index < -0.39 is 10.0 Å². The molecule has 1 heterocycles. The first-order valence-corrected chi connectivity index (χ1v) is 10.3. The van der Waals surface area contributed by atoms with Gasteiger partial charge in [-0.05, 0) is 35.1 Å². The lowest BCUT2D eigenvalue weighted by atomic mass is 9.93. The molecule has 0 atom stereocenters. The predicted octanol–water partition coefficient (Wildman–Crippen LogP) is 5.28. The molecule has 0 saturated carbocycles. The highest BCUT2D eigenvalue weighted by atomic mass is 32.2. The van der Waals surface area contributed by atoms with Gasteiger partial charge in [0.25, 0.3) is 10.0 Å². The maximum atomic E-state index is 13.2. The SMILES string of the molecule is CC(C)c1cccc(C(C)C)c1NS(=O)(=O)c1cccc2cccnc12. The van der Waals surface area contributed by atoms with Crippen LogP contribution < -0.4 is 4.72 Å². The van der Waals surface area contributed by atoms with Gasteiger partial charge >= 0.3 is 0 Å². The molecule has 0 bridgehead atoms. The highest BCUT2D eigenvalue weighted by Gasteiger charge is 2.22. The van der Waals surface area contributed by atoms with Crippen LogP contribution in [0.1, 0.15) is 50.7 Å². The molecule has 26 heavy (non-hydrogen) atoms. The van der Waals surface area contributed by atoms with Gasteiger partial charge in [0.1, 0.15) is 4.90 Å². The number of pyridine rings is 1. The summed E-state index contributed by atoms with van der Waals surface area (Å²) in [5, 5.41) is 0.802. The molecular formula is C21H24N2O2S. The van der Waals surface area contributed by atoms with E-state index in [0.29, 0.717) is 11.2 Å². The lowest BCUT2D eigenvalue weighted by Crippen LogP contribution is -2.17. The van der Waals surface area contributed by atoms with Crippen LogP contribution in [0.5, 0.6) is 0 Å². The van der Waals surface area contributed by atoms with Crippen LogP contribution in [-0.2, 0) is 10.0 Å². The molecule has 4 nitrogen and oxygen atoms in total. The Hall–Kier alpha value is -2.40. The van der Waals surface area contributed by atoms with Crippen molar-refractivity contribution in [2.75, 3.05) is 4.72 Å². The van der Waals surface area contributed by atoms with Crippen molar-refractivity contribution < 1.29 is 8.42 Å². The topological polar surface area (TPSA) is 59.1 Å². The number of nitrogens with zero attached hydrogens (tertiary/aromatic N) is 1. The Morgan fingerprint density at radius 1 is 0.846 bits per heavy atom. The monoisotopic (exact) mass is 368 g/mol. The quantitative estimate of drug-likeness (QED) is 0.666. The van der Waals surface area contributed by atoms with Crippen LogP contribution in [0.2, 0.25) is 0 Å². The van der Waals surface area contributed by atoms with Crippen molar-refractivity contribution in [2.24, 2.45) is 0 Å². The highest BCUT2D eigenvalue weighted by Crippen LogP contribution is 2.34. The zero-order valence-corrected chi connectivity index (χ0v) is 16.3. The van der Waals surface area contributed by atoms with Crippen molar-refractivity contribution in [3.05, 3.63) is 65.9 Å². The summed E-state index contributed by atoms with van der Waals surface area (Å²) in [6.07, 6.45) is 1.61. The summed E-state index contributed by atoms with van der Waals surface area (Å²) < 4.78 is 29.3. The standard InChI is InChI=1S/C21H24N2O2S/c1-14(2)17-10-6-11-18(15(3)4)21(17)23-26(24,25)19-12-5-8-16-9-7-13-22-20(16)19/h5-15,23H,1-4H3. The van der Waals surface area contributed by atoms with Gasteiger partial charge in [0.15, 0.2) is 0 Å². The van der Waals surface area contributed by atoms with E-state index >= 15 is 0 Å². The molecule has 0 aliphatic heterocycles. The fourth-order valence-electron chi connectivity index (χ4n) is 3.15. The number of rotatable bonds is 5. The van der Waals surface area contributed by atoms with Gasteiger partial charge in [-0.15, -0.1) is 0 Å². The van der Waals surface area contributed by atoms with E-state index in [0.717, 1.165) is 16.5 Å². The first kappa shape index (κ1) is 18.4. The van der Waals surface area contributed by atoms with Gasteiger partial charge in [0, 0.05) is 11.6 Å². The van der Waals surface area contributed by atoms with Crippen molar-refractivity contribution >= 4 is 26.6 Å². The molecule has 0 saturated heterocycles. The largest absolute Gasteiger partial charge is 0.279 e. The molecule has 2 aromatic carbocycles. The Balaban J connectivity index is 2.16. The molecule has 5 heteroatoms. The summed E-state index contributed by atoms with van der Waals surface area (Å²) in [6, 6.07) is 14.8. The summed E-state index contributed by atoms with van der Waals surface area (Å²) >= 11 is 0. The average molecular weight is 369 g/mol. The maximum Gasteiger partial charge on any atom is 0.264 e. The Morgan fingerprint density at radius 3 is 2.04 bits per heavy atom. The minimum Gasteiger partial charge on any atom is -0.279 e. The predicted molar refractivity (Wildman–Crippen MR) is 107 cm³/mol. The van der Waals surface area contributed by atoms with E-state index in [4.69, 9.17) is 0 Å². The lowest BCUT2D eigenvalue weighted by molar-refractivity contribution is 0.601. The molecule has 0 fully saturated rings. The third-order valence-electron chi connectivity index (χ3n) is 4.49. The van der Waals surface area contributed by atoms with Crippen molar-refractivity contribution in [1.29, 1.82) is 0 Å². The summed E-state index contributed by atoms with van der Waals surface area (Å²) in [5.74, 6) is 0.411. The molecular weight excluding hydrogens is 344 g/mol. The molecule has 0 unspecified atom stereocenters. The minimum atomic E-state index is -3.76. The second-order valence-electron chi connectivity index (χ2n) is 7.06. The number of benzene rings is 2. The van der Waals surface area contributed by atoms with Crippen molar-refractivity contribution in [3.63, 3.8) is 0 Å². The molecule has 3 aromatic rings. The zero-order valence-electron chi connectivity index (χ0n) is 15.5. The van der Waals surface area contributed by atoms with Gasteiger partial charge < -0.3 is 0 Å². The van der Waals surface area contributed by atoms with Gasteiger partial charge in [-0.1, -0.05) is 64.1 Å². The van der Waals surface area contributed by atoms with E-state index in [1.54, 1.807) is 24.4 Å². The van der Waals surface area contributed by atoms with E-state index in [1.807, 2.05) is 30.3 Å². The van der Waals surface area contributed by atoms with E-state index in [1.165, 1.54) is 0 Å². The van der Waals surface area contributed by atoms with Crippen LogP contribution in [0.3, 0.4) is 0 Å². The number of nitrogens with one attached hydrogen (secondary N) is 1. The normalized spacial score (nSPS) is 12.1. The fourth-order valence-corrected chi connectivity index (χ4v) is 4.45. The molecule has 1 aromatic heterocycles. The average Bonchev–Trinajstić information content (AvgIpc) is 2.60. The first-order chi connectivity index (χ1) is 12.3. The third-order valence-corrected chi connectivity index (χ3v) is 5.88. The smallest absolute Gasteiger partial charge is 0.264 e. The highest BCUT2D eigenvalue weighted by molar-refractivity contribution is 7.93. The summed E-state index contributed by atoms with van der Waals surface area (Å²) in [7, 11) is -3.76. The maximum absolute atomic E-state index is 13.2. The summed E-state index contributed by atoms with van der Waals surface area (Å²) in [4.78, 5) is 4.48. The number of fused-ring (bicyclic) bond motifs is 1. The molecule has 3 rings (SSSR count). The molecule has 0 amide bonds. The lowest BCUT2D eigenvalue weighted by Gasteiger charge is -2.21. The second kappa shape index (κ2) is 7.08. The van der Waals surface area contributed by atoms with Crippen molar-refractivity contribution in [3.8, 4) is 0 Å². The van der Waals surface area contributed by atoms with Crippen LogP contribution >= 0.6 is 0 Å². The van der Waals surface area contributed by atoms with E-state index in [9.17, 15) is 8.42 Å². The molecule has 1 N–H and O–H groups in total. The van der Waals surface area contributed by atoms with Gasteiger partial charge in [-0.2, -0.15) is 0 Å². The molecule has 0 aliphatic carbocycles. The van der Waals surface area contributed by atoms with Crippen LogP contribution in [0.15, 0.2) is 59.6 Å². The van der Waals surface area contributed by atoms with Gasteiger partial charge in [0.05, 0.1) is 11.2 Å². The number of anilines is 1.